The second-order valence-electron chi connectivity index (χ2n) is 7.62. The molecule has 0 aliphatic rings. The number of carbonyl (C=O) groups is 2. The minimum atomic E-state index is -2.92. The maximum absolute atomic E-state index is 13.0. The van der Waals surface area contributed by atoms with Crippen LogP contribution in [-0.4, -0.2) is 34.0 Å². The van der Waals surface area contributed by atoms with Gasteiger partial charge < -0.3 is 14.0 Å². The minimum Gasteiger partial charge on any atom is -0.451 e. The third kappa shape index (κ3) is 6.17. The summed E-state index contributed by atoms with van der Waals surface area (Å²) in [7, 11) is 0. The molecule has 2 aromatic carbocycles. The minimum absolute atomic E-state index is 0.0184. The molecule has 3 aromatic rings. The molecule has 1 heterocycles. The Morgan fingerprint density at radius 3 is 2.26 bits per heavy atom. The van der Waals surface area contributed by atoms with Crippen LogP contribution >= 0.6 is 0 Å². The summed E-state index contributed by atoms with van der Waals surface area (Å²) in [6, 6.07) is 13.3. The van der Waals surface area contributed by atoms with E-state index in [0.29, 0.717) is 22.5 Å². The molecule has 3 rings (SSSR count). The molecule has 1 atom stereocenters. The van der Waals surface area contributed by atoms with Crippen LogP contribution in [0, 0.1) is 24.0 Å². The van der Waals surface area contributed by atoms with Crippen molar-refractivity contribution in [1.82, 2.24) is 4.57 Å². The lowest BCUT2D eigenvalue weighted by Gasteiger charge is -2.13. The standard InChI is InChI=1S/C25H22F2N2O6/c1-15-14-22(16(2)28(15)19-9-11-21(12-10-19)35-25(26)27)24(31)17(3)34-23(30)13-6-18-4-7-20(8-5-18)29(32)33/h4-14,17,25H,1-3H3. The van der Waals surface area contributed by atoms with Crippen LogP contribution in [0.1, 0.15) is 34.2 Å². The van der Waals surface area contributed by atoms with Gasteiger partial charge in [0.2, 0.25) is 5.78 Å². The monoisotopic (exact) mass is 484 g/mol. The predicted molar refractivity (Wildman–Crippen MR) is 124 cm³/mol. The van der Waals surface area contributed by atoms with Crippen molar-refractivity contribution in [3.63, 3.8) is 0 Å². The highest BCUT2D eigenvalue weighted by atomic mass is 19.3. The van der Waals surface area contributed by atoms with Crippen molar-refractivity contribution in [2.75, 3.05) is 0 Å². The van der Waals surface area contributed by atoms with Crippen molar-refractivity contribution >= 4 is 23.5 Å². The van der Waals surface area contributed by atoms with E-state index in [1.165, 1.54) is 49.4 Å². The number of rotatable bonds is 9. The van der Waals surface area contributed by atoms with Crippen molar-refractivity contribution in [3.8, 4) is 11.4 Å². The summed E-state index contributed by atoms with van der Waals surface area (Å²) in [5, 5.41) is 10.7. The number of ether oxygens (including phenoxy) is 2. The molecule has 0 aliphatic carbocycles. The van der Waals surface area contributed by atoms with E-state index in [0.717, 1.165) is 11.8 Å². The smallest absolute Gasteiger partial charge is 0.387 e. The summed E-state index contributed by atoms with van der Waals surface area (Å²) >= 11 is 0. The number of alkyl halides is 2. The maximum Gasteiger partial charge on any atom is 0.387 e. The van der Waals surface area contributed by atoms with Crippen LogP contribution in [0.3, 0.4) is 0 Å². The molecule has 1 unspecified atom stereocenters. The third-order valence-corrected chi connectivity index (χ3v) is 5.19. The lowest BCUT2D eigenvalue weighted by atomic mass is 10.1. The second-order valence-corrected chi connectivity index (χ2v) is 7.62. The quantitative estimate of drug-likeness (QED) is 0.132. The molecule has 0 saturated heterocycles. The van der Waals surface area contributed by atoms with E-state index in [-0.39, 0.29) is 11.4 Å². The average Bonchev–Trinajstić information content (AvgIpc) is 3.11. The first kappa shape index (κ1) is 25.3. The number of esters is 1. The van der Waals surface area contributed by atoms with Crippen molar-refractivity contribution in [2.45, 2.75) is 33.5 Å². The van der Waals surface area contributed by atoms with Gasteiger partial charge in [-0.05, 0) is 74.9 Å². The van der Waals surface area contributed by atoms with Crippen molar-refractivity contribution in [1.29, 1.82) is 0 Å². The highest BCUT2D eigenvalue weighted by molar-refractivity contribution is 6.02. The number of carbonyl (C=O) groups excluding carboxylic acids is 2. The maximum atomic E-state index is 13.0. The number of hydrogen-bond acceptors (Lipinski definition) is 6. The molecule has 10 heteroatoms. The van der Waals surface area contributed by atoms with Crippen LogP contribution in [0.25, 0.3) is 11.8 Å². The van der Waals surface area contributed by atoms with Crippen LogP contribution in [0.15, 0.2) is 60.7 Å². The molecule has 0 amide bonds. The number of non-ortho nitro benzene ring substituents is 1. The van der Waals surface area contributed by atoms with Gasteiger partial charge in [-0.1, -0.05) is 0 Å². The average molecular weight is 484 g/mol. The summed E-state index contributed by atoms with van der Waals surface area (Å²) in [6.45, 7) is 2.06. The lowest BCUT2D eigenvalue weighted by molar-refractivity contribution is -0.384. The molecule has 35 heavy (non-hydrogen) atoms. The highest BCUT2D eigenvalue weighted by Crippen LogP contribution is 2.25. The first-order valence-electron chi connectivity index (χ1n) is 10.5. The van der Waals surface area contributed by atoms with E-state index in [2.05, 4.69) is 4.74 Å². The molecule has 0 radical (unpaired) electrons. The number of nitro benzene ring substituents is 1. The first-order valence-corrected chi connectivity index (χ1v) is 10.5. The van der Waals surface area contributed by atoms with Crippen LogP contribution in [0.5, 0.6) is 5.75 Å². The van der Waals surface area contributed by atoms with Gasteiger partial charge in [-0.15, -0.1) is 0 Å². The van der Waals surface area contributed by atoms with Gasteiger partial charge in [0.1, 0.15) is 5.75 Å². The SMILES string of the molecule is Cc1cc(C(=O)C(C)OC(=O)C=Cc2ccc([N+](=O)[O-])cc2)c(C)n1-c1ccc(OC(F)F)cc1. The Morgan fingerprint density at radius 1 is 1.06 bits per heavy atom. The zero-order valence-electron chi connectivity index (χ0n) is 19.1. The topological polar surface area (TPSA) is 101 Å². The largest absolute Gasteiger partial charge is 0.451 e. The van der Waals surface area contributed by atoms with Crippen LogP contribution in [0.2, 0.25) is 0 Å². The number of nitro groups is 1. The fraction of sp³-hybridized carbons (Fsp3) is 0.200. The molecule has 8 nitrogen and oxygen atoms in total. The molecule has 1 aromatic heterocycles. The normalized spacial score (nSPS) is 12.1. The van der Waals surface area contributed by atoms with Gasteiger partial charge in [-0.3, -0.25) is 14.9 Å². The molecule has 0 saturated carbocycles. The zero-order chi connectivity index (χ0) is 25.7. The van der Waals surface area contributed by atoms with Crippen LogP contribution in [0.4, 0.5) is 14.5 Å². The number of Topliss-reactive ketones (excluding diaryl/α,β-unsaturated/α-hetero) is 1. The Kier molecular flexibility index (Phi) is 7.75. The van der Waals surface area contributed by atoms with E-state index in [4.69, 9.17) is 4.74 Å². The first-order chi connectivity index (χ1) is 16.6. The Morgan fingerprint density at radius 2 is 1.69 bits per heavy atom. The number of benzene rings is 2. The molecule has 0 bridgehead atoms. The molecule has 0 N–H and O–H groups in total. The number of aryl methyl sites for hydroxylation is 1. The molecule has 0 fully saturated rings. The Labute approximate surface area is 199 Å². The summed E-state index contributed by atoms with van der Waals surface area (Å²) in [5.41, 5.74) is 2.81. The molecular weight excluding hydrogens is 462 g/mol. The fourth-order valence-electron chi connectivity index (χ4n) is 3.54. The molecule has 0 aliphatic heterocycles. The van der Waals surface area contributed by atoms with E-state index in [9.17, 15) is 28.5 Å². The van der Waals surface area contributed by atoms with E-state index in [1.807, 2.05) is 0 Å². The number of aromatic nitrogens is 1. The van der Waals surface area contributed by atoms with Gasteiger partial charge in [0.05, 0.1) is 4.92 Å². The van der Waals surface area contributed by atoms with E-state index < -0.39 is 29.4 Å². The third-order valence-electron chi connectivity index (χ3n) is 5.19. The molecule has 0 spiro atoms. The van der Waals surface area contributed by atoms with E-state index in [1.54, 1.807) is 36.6 Å². The van der Waals surface area contributed by atoms with Gasteiger partial charge in [-0.25, -0.2) is 4.79 Å². The van der Waals surface area contributed by atoms with Gasteiger partial charge in [-0.2, -0.15) is 8.78 Å². The molecular formula is C25H22F2N2O6. The van der Waals surface area contributed by atoms with Gasteiger partial charge in [0.15, 0.2) is 6.10 Å². The van der Waals surface area contributed by atoms with Gasteiger partial charge >= 0.3 is 12.6 Å². The summed E-state index contributed by atoms with van der Waals surface area (Å²) in [4.78, 5) is 35.3. The summed E-state index contributed by atoms with van der Waals surface area (Å²) in [5.74, 6) is -1.13. The van der Waals surface area contributed by atoms with Gasteiger partial charge in [0.25, 0.3) is 5.69 Å². The van der Waals surface area contributed by atoms with Crippen molar-refractivity contribution in [2.24, 2.45) is 0 Å². The second kappa shape index (κ2) is 10.7. The lowest BCUT2D eigenvalue weighted by Crippen LogP contribution is -2.24. The number of nitrogens with zero attached hydrogens (tertiary/aromatic N) is 2. The number of hydrogen-bond donors (Lipinski definition) is 0. The number of halogens is 2. The van der Waals surface area contributed by atoms with Gasteiger partial charge in [0, 0.05) is 40.8 Å². The predicted octanol–water partition coefficient (Wildman–Crippen LogP) is 5.43. The Hall–Kier alpha value is -4.34. The van der Waals surface area contributed by atoms with Crippen LogP contribution in [-0.2, 0) is 9.53 Å². The fourth-order valence-corrected chi connectivity index (χ4v) is 3.54. The van der Waals surface area contributed by atoms with E-state index >= 15 is 0 Å². The molecule has 182 valence electrons. The zero-order valence-corrected chi connectivity index (χ0v) is 19.1. The summed E-state index contributed by atoms with van der Waals surface area (Å²) < 4.78 is 36.1. The van der Waals surface area contributed by atoms with Crippen molar-refractivity contribution < 1.29 is 32.8 Å². The highest BCUT2D eigenvalue weighted by Gasteiger charge is 2.24. The van der Waals surface area contributed by atoms with Crippen LogP contribution < -0.4 is 4.74 Å². The van der Waals surface area contributed by atoms with Crippen molar-refractivity contribution in [3.05, 3.63) is 93.3 Å². The number of ketones is 1. The Balaban J connectivity index is 1.69. The Bertz CT molecular complexity index is 1260. The summed E-state index contributed by atoms with van der Waals surface area (Å²) in [6.07, 6.45) is 1.49.